The summed E-state index contributed by atoms with van der Waals surface area (Å²) in [6.07, 6.45) is 4.34. The fourth-order valence-electron chi connectivity index (χ4n) is 4.04. The SMILES string of the molecule is CCCCO/N=[N+](/[O-])N1CCC[C@H]1C(=O)Oc1c(C)ncc2c1CO[C@H]2c1ccc(Cl)cc1. The highest BCUT2D eigenvalue weighted by Gasteiger charge is 2.40. The average Bonchev–Trinajstić information content (AvgIpc) is 3.47. The minimum Gasteiger partial charge on any atom is -0.569 e. The summed E-state index contributed by atoms with van der Waals surface area (Å²) >= 11 is 6.01. The number of unbranched alkanes of at least 4 members (excludes halogenated alkanes) is 1. The minimum atomic E-state index is -0.745. The maximum absolute atomic E-state index is 13.1. The van der Waals surface area contributed by atoms with E-state index in [2.05, 4.69) is 10.3 Å². The van der Waals surface area contributed by atoms with Gasteiger partial charge < -0.3 is 19.5 Å². The van der Waals surface area contributed by atoms with Gasteiger partial charge in [0.15, 0.2) is 11.8 Å². The van der Waals surface area contributed by atoms with E-state index in [0.29, 0.717) is 47.4 Å². The first kappa shape index (κ1) is 23.3. The fourth-order valence-corrected chi connectivity index (χ4v) is 4.17. The summed E-state index contributed by atoms with van der Waals surface area (Å²) in [7, 11) is 0. The van der Waals surface area contributed by atoms with Crippen molar-refractivity contribution in [2.24, 2.45) is 5.28 Å². The summed E-state index contributed by atoms with van der Waals surface area (Å²) in [6.45, 7) is 4.84. The standard InChI is InChI=1S/C23H27ClN4O5/c1-3-4-12-32-26-28(30)27-11-5-6-20(27)23(29)33-21-15(2)25-13-18-19(21)14-31-22(18)16-7-9-17(24)10-8-16/h7-10,13,20,22H,3-6,11-12,14H2,1-2H3/b28-26+/t20-,22-/m0/s1. The van der Waals surface area contributed by atoms with Crippen LogP contribution >= 0.6 is 11.6 Å². The maximum atomic E-state index is 13.1. The Labute approximate surface area is 197 Å². The molecule has 0 bridgehead atoms. The van der Waals surface area contributed by atoms with Gasteiger partial charge in [0.25, 0.3) is 0 Å². The number of hydrogen-bond donors (Lipinski definition) is 0. The molecule has 0 radical (unpaired) electrons. The molecule has 1 aromatic heterocycles. The number of aryl methyl sites for hydroxylation is 1. The van der Waals surface area contributed by atoms with Crippen molar-refractivity contribution in [2.45, 2.75) is 58.3 Å². The maximum Gasteiger partial charge on any atom is 0.340 e. The summed E-state index contributed by atoms with van der Waals surface area (Å²) in [5.74, 6) is -0.139. The molecule has 2 aliphatic heterocycles. The molecular formula is C23H27ClN4O5. The van der Waals surface area contributed by atoms with E-state index in [0.717, 1.165) is 29.5 Å². The van der Waals surface area contributed by atoms with Crippen LogP contribution in [0.5, 0.6) is 5.75 Å². The lowest BCUT2D eigenvalue weighted by molar-refractivity contribution is -0.712. The van der Waals surface area contributed by atoms with Gasteiger partial charge in [-0.15, -0.1) is 5.01 Å². The van der Waals surface area contributed by atoms with Crippen LogP contribution in [0.15, 0.2) is 35.7 Å². The number of hydrazine groups is 1. The van der Waals surface area contributed by atoms with Crippen LogP contribution in [0.2, 0.25) is 5.02 Å². The third kappa shape index (κ3) is 5.04. The molecule has 2 aliphatic rings. The number of nitrogens with zero attached hydrogens (tertiary/aromatic N) is 4. The number of carbonyl (C=O) groups is 1. The van der Waals surface area contributed by atoms with E-state index in [-0.39, 0.29) is 12.7 Å². The molecule has 3 heterocycles. The Morgan fingerprint density at radius 2 is 2.18 bits per heavy atom. The van der Waals surface area contributed by atoms with E-state index in [1.165, 1.54) is 5.01 Å². The third-order valence-corrected chi connectivity index (χ3v) is 6.09. The zero-order valence-electron chi connectivity index (χ0n) is 18.7. The predicted molar refractivity (Wildman–Crippen MR) is 119 cm³/mol. The normalized spacial score (nSPS) is 20.1. The number of aromatic nitrogens is 1. The Balaban J connectivity index is 1.51. The Bertz CT molecular complexity index is 1030. The van der Waals surface area contributed by atoms with E-state index >= 15 is 0 Å². The fraction of sp³-hybridized carbons (Fsp3) is 0.478. The number of carbonyl (C=O) groups excluding carboxylic acids is 1. The zero-order chi connectivity index (χ0) is 23.4. The number of esters is 1. The number of hydrogen-bond acceptors (Lipinski definition) is 7. The molecule has 10 heteroatoms. The van der Waals surface area contributed by atoms with E-state index in [9.17, 15) is 10.0 Å². The Kier molecular flexibility index (Phi) is 7.29. The molecule has 2 atom stereocenters. The van der Waals surface area contributed by atoms with Crippen molar-refractivity contribution in [3.8, 4) is 5.75 Å². The highest BCUT2D eigenvalue weighted by molar-refractivity contribution is 6.30. The van der Waals surface area contributed by atoms with Gasteiger partial charge in [0, 0.05) is 22.3 Å². The van der Waals surface area contributed by atoms with Gasteiger partial charge in [-0.1, -0.05) is 37.1 Å². The highest BCUT2D eigenvalue weighted by atomic mass is 35.5. The molecule has 0 unspecified atom stereocenters. The number of rotatable bonds is 8. The van der Waals surface area contributed by atoms with Gasteiger partial charge in [0.1, 0.15) is 12.7 Å². The van der Waals surface area contributed by atoms with E-state index in [1.807, 2.05) is 19.1 Å². The van der Waals surface area contributed by atoms with Crippen molar-refractivity contribution in [2.75, 3.05) is 13.2 Å². The van der Waals surface area contributed by atoms with Crippen LogP contribution in [0.1, 0.15) is 61.1 Å². The summed E-state index contributed by atoms with van der Waals surface area (Å²) in [5, 5.41) is 17.9. The van der Waals surface area contributed by atoms with Crippen LogP contribution in [-0.4, -0.2) is 40.1 Å². The van der Waals surface area contributed by atoms with Gasteiger partial charge in [0.05, 0.1) is 23.8 Å². The van der Waals surface area contributed by atoms with Gasteiger partial charge in [0.2, 0.25) is 5.28 Å². The van der Waals surface area contributed by atoms with Crippen LogP contribution in [0.3, 0.4) is 0 Å². The number of benzene rings is 1. The molecule has 4 rings (SSSR count). The van der Waals surface area contributed by atoms with Crippen molar-refractivity contribution in [3.63, 3.8) is 0 Å². The van der Waals surface area contributed by atoms with Crippen molar-refractivity contribution < 1.29 is 24.1 Å². The summed E-state index contributed by atoms with van der Waals surface area (Å²) in [5.41, 5.74) is 3.15. The molecule has 9 nitrogen and oxygen atoms in total. The number of fused-ring (bicyclic) bond motifs is 1. The first-order valence-corrected chi connectivity index (χ1v) is 11.5. The van der Waals surface area contributed by atoms with Crippen LogP contribution < -0.4 is 4.74 Å². The second-order valence-electron chi connectivity index (χ2n) is 8.11. The minimum absolute atomic E-state index is 0.289. The zero-order valence-corrected chi connectivity index (χ0v) is 19.5. The van der Waals surface area contributed by atoms with Gasteiger partial charge in [-0.25, -0.2) is 4.79 Å². The smallest absolute Gasteiger partial charge is 0.340 e. The molecule has 2 aromatic rings. The van der Waals surface area contributed by atoms with E-state index in [1.54, 1.807) is 25.3 Å². The second-order valence-corrected chi connectivity index (χ2v) is 8.55. The number of halogens is 1. The Morgan fingerprint density at radius 1 is 1.39 bits per heavy atom. The van der Waals surface area contributed by atoms with Crippen LogP contribution in [0.4, 0.5) is 0 Å². The second kappa shape index (κ2) is 10.4. The van der Waals surface area contributed by atoms with Gasteiger partial charge in [-0.2, -0.15) is 0 Å². The summed E-state index contributed by atoms with van der Waals surface area (Å²) in [6, 6.07) is 6.67. The molecule has 0 amide bonds. The third-order valence-electron chi connectivity index (χ3n) is 5.83. The molecule has 0 saturated carbocycles. The van der Waals surface area contributed by atoms with E-state index in [4.69, 9.17) is 25.9 Å². The molecule has 1 fully saturated rings. The van der Waals surface area contributed by atoms with Crippen molar-refractivity contribution in [1.29, 1.82) is 0 Å². The lowest BCUT2D eigenvalue weighted by atomic mass is 10.0. The first-order chi connectivity index (χ1) is 16.0. The molecule has 33 heavy (non-hydrogen) atoms. The Morgan fingerprint density at radius 3 is 2.94 bits per heavy atom. The van der Waals surface area contributed by atoms with Gasteiger partial charge >= 0.3 is 5.97 Å². The quantitative estimate of drug-likeness (QED) is 0.180. The highest BCUT2D eigenvalue weighted by Crippen LogP contribution is 2.41. The van der Waals surface area contributed by atoms with Crippen molar-refractivity contribution in [1.82, 2.24) is 9.99 Å². The average molecular weight is 475 g/mol. The van der Waals surface area contributed by atoms with Crippen LogP contribution in [0.25, 0.3) is 0 Å². The molecule has 1 aromatic carbocycles. The monoisotopic (exact) mass is 474 g/mol. The predicted octanol–water partition coefficient (Wildman–Crippen LogP) is 4.64. The molecular weight excluding hydrogens is 448 g/mol. The summed E-state index contributed by atoms with van der Waals surface area (Å²) < 4.78 is 11.8. The topological polar surface area (TPSA) is 99.3 Å². The first-order valence-electron chi connectivity index (χ1n) is 11.1. The lowest BCUT2D eigenvalue weighted by Gasteiger charge is -2.20. The van der Waals surface area contributed by atoms with E-state index < -0.39 is 12.0 Å². The van der Waals surface area contributed by atoms with Gasteiger partial charge in [-0.05, 0) is 43.9 Å². The lowest BCUT2D eigenvalue weighted by Crippen LogP contribution is -2.42. The molecule has 0 N–H and O–H groups in total. The summed E-state index contributed by atoms with van der Waals surface area (Å²) in [4.78, 5) is 22.9. The molecule has 1 saturated heterocycles. The Hall–Kier alpha value is -2.91. The van der Waals surface area contributed by atoms with Crippen LogP contribution in [-0.2, 0) is 21.0 Å². The molecule has 176 valence electrons. The molecule has 0 spiro atoms. The van der Waals surface area contributed by atoms with Crippen LogP contribution in [0, 0.1) is 12.1 Å². The van der Waals surface area contributed by atoms with Gasteiger partial charge in [-0.3, -0.25) is 4.98 Å². The number of pyridine rings is 1. The van der Waals surface area contributed by atoms with Crippen molar-refractivity contribution >= 4 is 17.6 Å². The van der Waals surface area contributed by atoms with Crippen molar-refractivity contribution in [3.05, 3.63) is 63.1 Å². The largest absolute Gasteiger partial charge is 0.569 e. The number of ether oxygens (including phenoxy) is 2. The molecule has 0 aliphatic carbocycles.